The zero-order valence-electron chi connectivity index (χ0n) is 17.8. The van der Waals surface area contributed by atoms with Crippen LogP contribution in [0.15, 0.2) is 12.3 Å². The summed E-state index contributed by atoms with van der Waals surface area (Å²) in [4.78, 5) is 4.16. The van der Waals surface area contributed by atoms with Crippen molar-refractivity contribution in [2.75, 3.05) is 20.3 Å². The molecule has 2 saturated heterocycles. The van der Waals surface area contributed by atoms with Crippen LogP contribution in [0.3, 0.4) is 0 Å². The van der Waals surface area contributed by atoms with Crippen LogP contribution in [0.4, 0.5) is 0 Å². The summed E-state index contributed by atoms with van der Waals surface area (Å²) in [5.41, 5.74) is 0.589. The molecule has 0 saturated carbocycles. The third kappa shape index (κ3) is 5.80. The van der Waals surface area contributed by atoms with Crippen molar-refractivity contribution in [2.45, 2.75) is 61.4 Å². The Morgan fingerprint density at radius 1 is 0.939 bits per heavy atom. The molecule has 0 amide bonds. The van der Waals surface area contributed by atoms with Gasteiger partial charge < -0.3 is 50.0 Å². The summed E-state index contributed by atoms with van der Waals surface area (Å²) >= 11 is 0. The normalized spacial score (nSPS) is 36.2. The molecule has 1 aromatic rings. The van der Waals surface area contributed by atoms with E-state index in [0.717, 1.165) is 0 Å². The SMILES string of the molecule is COc1cc(C#CC2OC(CO)CC(O)C2O)ncc1C#CC1OC(CO)[C@@H](O)C(O)C1O. The van der Waals surface area contributed by atoms with Crippen LogP contribution in [-0.2, 0) is 9.47 Å². The number of aromatic nitrogens is 1. The van der Waals surface area contributed by atoms with E-state index in [4.69, 9.17) is 14.2 Å². The van der Waals surface area contributed by atoms with Crippen molar-refractivity contribution in [2.24, 2.45) is 0 Å². The van der Waals surface area contributed by atoms with Gasteiger partial charge in [-0.3, -0.25) is 0 Å². The summed E-state index contributed by atoms with van der Waals surface area (Å²) in [5, 5.41) is 68.2. The number of hydrogen-bond acceptors (Lipinski definition) is 11. The molecule has 8 unspecified atom stereocenters. The fourth-order valence-corrected chi connectivity index (χ4v) is 3.47. The van der Waals surface area contributed by atoms with Gasteiger partial charge in [-0.25, -0.2) is 4.98 Å². The van der Waals surface area contributed by atoms with Crippen molar-refractivity contribution in [3.63, 3.8) is 0 Å². The molecule has 0 spiro atoms. The molecular weight excluding hydrogens is 438 g/mol. The van der Waals surface area contributed by atoms with Gasteiger partial charge >= 0.3 is 0 Å². The molecule has 2 aliphatic heterocycles. The Labute approximate surface area is 190 Å². The molecule has 11 nitrogen and oxygen atoms in total. The van der Waals surface area contributed by atoms with E-state index in [0.29, 0.717) is 11.3 Å². The Bertz CT molecular complexity index is 933. The Kier molecular flexibility index (Phi) is 8.62. The highest BCUT2D eigenvalue weighted by molar-refractivity contribution is 5.48. The Hall–Kier alpha value is -2.29. The van der Waals surface area contributed by atoms with Crippen LogP contribution < -0.4 is 4.74 Å². The minimum atomic E-state index is -1.53. The molecule has 2 fully saturated rings. The number of nitrogens with zero attached hydrogens (tertiary/aromatic N) is 1. The van der Waals surface area contributed by atoms with Crippen LogP contribution in [0.1, 0.15) is 17.7 Å². The average Bonchev–Trinajstić information content (AvgIpc) is 2.83. The van der Waals surface area contributed by atoms with Gasteiger partial charge in [-0.1, -0.05) is 17.8 Å². The number of pyridine rings is 1. The van der Waals surface area contributed by atoms with E-state index >= 15 is 0 Å². The average molecular weight is 465 g/mol. The van der Waals surface area contributed by atoms with Gasteiger partial charge in [0.05, 0.1) is 38.1 Å². The molecule has 11 heteroatoms. The second kappa shape index (κ2) is 11.2. The first kappa shape index (κ1) is 25.3. The molecule has 2 aliphatic rings. The van der Waals surface area contributed by atoms with Gasteiger partial charge in [0, 0.05) is 18.7 Å². The number of aliphatic hydroxyl groups is 7. The zero-order valence-corrected chi connectivity index (χ0v) is 17.8. The molecule has 180 valence electrons. The molecule has 33 heavy (non-hydrogen) atoms. The highest BCUT2D eigenvalue weighted by Gasteiger charge is 2.42. The first-order valence-electron chi connectivity index (χ1n) is 10.3. The number of ether oxygens (including phenoxy) is 3. The van der Waals surface area contributed by atoms with Crippen LogP contribution in [0.2, 0.25) is 0 Å². The maximum absolute atomic E-state index is 10.1. The molecule has 1 aromatic heterocycles. The van der Waals surface area contributed by atoms with Crippen molar-refractivity contribution in [3.05, 3.63) is 23.5 Å². The summed E-state index contributed by atoms with van der Waals surface area (Å²) in [7, 11) is 1.40. The molecule has 9 atom stereocenters. The largest absolute Gasteiger partial charge is 0.495 e. The lowest BCUT2D eigenvalue weighted by molar-refractivity contribution is -0.214. The Morgan fingerprint density at radius 3 is 2.30 bits per heavy atom. The van der Waals surface area contributed by atoms with Gasteiger partial charge in [0.15, 0.2) is 0 Å². The van der Waals surface area contributed by atoms with Crippen molar-refractivity contribution < 1.29 is 50.0 Å². The Balaban J connectivity index is 1.77. The molecule has 0 aliphatic carbocycles. The molecule has 0 aromatic carbocycles. The third-order valence-corrected chi connectivity index (χ3v) is 5.42. The quantitative estimate of drug-likeness (QED) is 0.220. The molecule has 0 radical (unpaired) electrons. The fraction of sp³-hybridized carbons (Fsp3) is 0.591. The lowest BCUT2D eigenvalue weighted by Crippen LogP contribution is -2.58. The van der Waals surface area contributed by atoms with Crippen LogP contribution >= 0.6 is 0 Å². The van der Waals surface area contributed by atoms with Crippen LogP contribution in [0.5, 0.6) is 5.75 Å². The van der Waals surface area contributed by atoms with E-state index < -0.39 is 61.5 Å². The lowest BCUT2D eigenvalue weighted by Gasteiger charge is -2.37. The summed E-state index contributed by atoms with van der Waals surface area (Å²) < 4.78 is 16.1. The van der Waals surface area contributed by atoms with Crippen LogP contribution in [0.25, 0.3) is 0 Å². The number of rotatable bonds is 3. The molecule has 7 N–H and O–H groups in total. The number of hydrogen-bond donors (Lipinski definition) is 7. The monoisotopic (exact) mass is 465 g/mol. The fourth-order valence-electron chi connectivity index (χ4n) is 3.47. The van der Waals surface area contributed by atoms with E-state index in [2.05, 4.69) is 28.7 Å². The summed E-state index contributed by atoms with van der Waals surface area (Å²) in [5.74, 6) is 11.1. The molecule has 3 rings (SSSR count). The highest BCUT2D eigenvalue weighted by Crippen LogP contribution is 2.23. The van der Waals surface area contributed by atoms with E-state index in [1.165, 1.54) is 19.4 Å². The highest BCUT2D eigenvalue weighted by atomic mass is 16.5. The van der Waals surface area contributed by atoms with Crippen molar-refractivity contribution in [3.8, 4) is 29.4 Å². The van der Waals surface area contributed by atoms with Gasteiger partial charge in [-0.2, -0.15) is 0 Å². The van der Waals surface area contributed by atoms with E-state index in [-0.39, 0.29) is 18.7 Å². The molecule has 3 heterocycles. The molecule has 0 bridgehead atoms. The summed E-state index contributed by atoms with van der Waals surface area (Å²) in [6.07, 6.45) is -9.21. The summed E-state index contributed by atoms with van der Waals surface area (Å²) in [6, 6.07) is 1.49. The van der Waals surface area contributed by atoms with Gasteiger partial charge in [0.1, 0.15) is 54.2 Å². The minimum absolute atomic E-state index is 0.101. The van der Waals surface area contributed by atoms with Crippen molar-refractivity contribution in [1.29, 1.82) is 0 Å². The number of aliphatic hydroxyl groups excluding tert-OH is 7. The topological polar surface area (TPSA) is 182 Å². The van der Waals surface area contributed by atoms with Gasteiger partial charge in [0.2, 0.25) is 0 Å². The van der Waals surface area contributed by atoms with Crippen molar-refractivity contribution >= 4 is 0 Å². The zero-order chi connectivity index (χ0) is 24.1. The maximum Gasteiger partial charge on any atom is 0.147 e. The van der Waals surface area contributed by atoms with Crippen molar-refractivity contribution in [1.82, 2.24) is 4.98 Å². The van der Waals surface area contributed by atoms with Crippen LogP contribution in [0, 0.1) is 23.7 Å². The van der Waals surface area contributed by atoms with E-state index in [9.17, 15) is 35.7 Å². The predicted molar refractivity (Wildman–Crippen MR) is 111 cm³/mol. The molecular formula is C22H27NO10. The van der Waals surface area contributed by atoms with E-state index in [1.807, 2.05) is 0 Å². The third-order valence-electron chi connectivity index (χ3n) is 5.42. The van der Waals surface area contributed by atoms with Gasteiger partial charge in [-0.15, -0.1) is 0 Å². The predicted octanol–water partition coefficient (Wildman–Crippen LogP) is -3.49. The Morgan fingerprint density at radius 2 is 1.64 bits per heavy atom. The second-order valence-corrected chi connectivity index (χ2v) is 7.71. The lowest BCUT2D eigenvalue weighted by atomic mass is 9.95. The summed E-state index contributed by atoms with van der Waals surface area (Å²) in [6.45, 7) is -0.868. The smallest absolute Gasteiger partial charge is 0.147 e. The standard InChI is InChI=1S/C22H27NO10/c1-31-17-6-12(3-5-15-19(27)14(26)7-13(9-24)32-15)23-8-11(17)2-4-16-20(28)22(30)21(29)18(10-25)33-16/h6,8,13-16,18-22,24-30H,7,9-10H2,1H3/t13?,14?,15?,16?,18?,19?,20?,21-,22?/m1/s1. The first-order valence-corrected chi connectivity index (χ1v) is 10.3. The first-order chi connectivity index (χ1) is 15.8. The van der Waals surface area contributed by atoms with Crippen LogP contribution in [-0.4, -0.2) is 116 Å². The maximum atomic E-state index is 10.1. The van der Waals surface area contributed by atoms with E-state index in [1.54, 1.807) is 0 Å². The minimum Gasteiger partial charge on any atom is -0.495 e. The number of methoxy groups -OCH3 is 1. The second-order valence-electron chi connectivity index (χ2n) is 7.71. The van der Waals surface area contributed by atoms with Gasteiger partial charge in [0.25, 0.3) is 0 Å². The van der Waals surface area contributed by atoms with Gasteiger partial charge in [-0.05, 0) is 5.92 Å².